The van der Waals surface area contributed by atoms with Gasteiger partial charge >= 0.3 is 6.18 Å². The van der Waals surface area contributed by atoms with Crippen LogP contribution < -0.4 is 5.32 Å². The fourth-order valence-electron chi connectivity index (χ4n) is 4.70. The van der Waals surface area contributed by atoms with Crippen LogP contribution in [-0.4, -0.2) is 28.1 Å². The van der Waals surface area contributed by atoms with Crippen molar-refractivity contribution in [3.63, 3.8) is 0 Å². The molecule has 1 aliphatic rings. The normalized spacial score (nSPS) is 20.4. The van der Waals surface area contributed by atoms with E-state index in [9.17, 15) is 18.0 Å². The van der Waals surface area contributed by atoms with E-state index in [4.69, 9.17) is 14.7 Å². The minimum Gasteiger partial charge on any atom is -0.376 e. The van der Waals surface area contributed by atoms with Crippen molar-refractivity contribution in [3.8, 4) is 11.4 Å². The number of aromatic nitrogens is 2. The summed E-state index contributed by atoms with van der Waals surface area (Å²) in [5, 5.41) is 4.70. The molecule has 0 saturated carbocycles. The molecule has 2 unspecified atom stereocenters. The summed E-state index contributed by atoms with van der Waals surface area (Å²) in [6, 6.07) is 13.4. The first-order valence-electron chi connectivity index (χ1n) is 11.7. The highest BCUT2D eigenvalue weighted by atomic mass is 32.1. The molecule has 0 radical (unpaired) electrons. The molecule has 2 aromatic heterocycles. The first kappa shape index (κ1) is 24.4. The minimum atomic E-state index is -4.52. The Hall–Kier alpha value is -3.30. The molecule has 1 fully saturated rings. The van der Waals surface area contributed by atoms with E-state index >= 15 is 0 Å². The third-order valence-electron chi connectivity index (χ3n) is 6.24. The first-order valence-corrected chi connectivity index (χ1v) is 12.5. The number of carbonyl (C=O) groups excluding carboxylic acids is 1. The van der Waals surface area contributed by atoms with Crippen LogP contribution in [0.3, 0.4) is 0 Å². The van der Waals surface area contributed by atoms with Gasteiger partial charge in [-0.05, 0) is 68.5 Å². The molecular weight excluding hydrogens is 487 g/mol. The van der Waals surface area contributed by atoms with Crippen molar-refractivity contribution >= 4 is 33.1 Å². The summed E-state index contributed by atoms with van der Waals surface area (Å²) >= 11 is 1.62. The molecule has 0 bridgehead atoms. The molecule has 4 aromatic rings. The Morgan fingerprint density at radius 1 is 1.03 bits per heavy atom. The van der Waals surface area contributed by atoms with E-state index in [-0.39, 0.29) is 23.7 Å². The number of nitrogens with one attached hydrogen (secondary N) is 1. The van der Waals surface area contributed by atoms with Crippen LogP contribution in [0.15, 0.2) is 60.0 Å². The number of carbonyl (C=O) groups is 1. The van der Waals surface area contributed by atoms with Gasteiger partial charge in [-0.25, -0.2) is 9.97 Å². The molecule has 1 aliphatic heterocycles. The first-order chi connectivity index (χ1) is 17.2. The highest BCUT2D eigenvalue weighted by molar-refractivity contribution is 7.17. The Labute approximate surface area is 210 Å². The van der Waals surface area contributed by atoms with E-state index in [0.29, 0.717) is 17.1 Å². The number of benzene rings is 2. The molecule has 0 aliphatic carbocycles. The summed E-state index contributed by atoms with van der Waals surface area (Å²) in [6.45, 7) is 4.15. The molecule has 5 rings (SSSR count). The van der Waals surface area contributed by atoms with Crippen molar-refractivity contribution in [2.24, 2.45) is 0 Å². The van der Waals surface area contributed by atoms with Crippen LogP contribution in [0.4, 0.5) is 18.9 Å². The number of fused-ring (bicyclic) bond motifs is 1. The summed E-state index contributed by atoms with van der Waals surface area (Å²) in [6.07, 6.45) is -2.49. The van der Waals surface area contributed by atoms with Crippen LogP contribution in [0.25, 0.3) is 21.6 Å². The van der Waals surface area contributed by atoms with E-state index < -0.39 is 17.6 Å². The number of ether oxygens (including phenoxy) is 1. The molecule has 1 N–H and O–H groups in total. The number of anilines is 1. The third kappa shape index (κ3) is 5.12. The number of hydrogen-bond acceptors (Lipinski definition) is 5. The number of nitrogens with zero attached hydrogens (tertiary/aromatic N) is 2. The van der Waals surface area contributed by atoms with Crippen molar-refractivity contribution in [2.75, 3.05) is 5.32 Å². The third-order valence-corrected chi connectivity index (χ3v) is 7.17. The smallest absolute Gasteiger partial charge is 0.376 e. The van der Waals surface area contributed by atoms with Crippen LogP contribution >= 0.6 is 11.3 Å². The predicted octanol–water partition coefficient (Wildman–Crippen LogP) is 7.30. The zero-order valence-corrected chi connectivity index (χ0v) is 20.5. The monoisotopic (exact) mass is 511 g/mol. The second-order valence-electron chi connectivity index (χ2n) is 9.11. The highest BCUT2D eigenvalue weighted by Gasteiger charge is 2.31. The second kappa shape index (κ2) is 9.63. The maximum atomic E-state index is 13.0. The van der Waals surface area contributed by atoms with Crippen LogP contribution in [-0.2, 0) is 10.9 Å². The lowest BCUT2D eigenvalue weighted by Gasteiger charge is -2.32. The molecular formula is C27H24F3N3O2S. The molecule has 36 heavy (non-hydrogen) atoms. The fourth-order valence-corrected chi connectivity index (χ4v) is 5.60. The maximum Gasteiger partial charge on any atom is 0.416 e. The average molecular weight is 512 g/mol. The number of amides is 1. The van der Waals surface area contributed by atoms with Gasteiger partial charge in [0.1, 0.15) is 0 Å². The summed E-state index contributed by atoms with van der Waals surface area (Å²) in [7, 11) is 0. The fraction of sp³-hybridized carbons (Fsp3) is 0.296. The van der Waals surface area contributed by atoms with Gasteiger partial charge in [0, 0.05) is 22.7 Å². The Morgan fingerprint density at radius 3 is 2.53 bits per heavy atom. The molecule has 5 nitrogen and oxygen atoms in total. The van der Waals surface area contributed by atoms with Gasteiger partial charge in [-0.3, -0.25) is 4.79 Å². The molecule has 0 spiro atoms. The Morgan fingerprint density at radius 2 is 1.78 bits per heavy atom. The number of rotatable bonds is 4. The highest BCUT2D eigenvalue weighted by Crippen LogP contribution is 2.38. The SMILES string of the molecule is CC1CC(c2nc(-c3cccc(NC(=O)c4cccc(C(F)(F)F)c4)c3)nc3ccsc23)CC(C)O1. The summed E-state index contributed by atoms with van der Waals surface area (Å²) in [5.74, 6) is 0.159. The van der Waals surface area contributed by atoms with Crippen LogP contribution in [0.5, 0.6) is 0 Å². The maximum absolute atomic E-state index is 13.0. The lowest BCUT2D eigenvalue weighted by atomic mass is 9.89. The molecule has 2 atom stereocenters. The topological polar surface area (TPSA) is 64.1 Å². The summed E-state index contributed by atoms with van der Waals surface area (Å²) in [4.78, 5) is 22.4. The Kier molecular flexibility index (Phi) is 6.53. The lowest BCUT2D eigenvalue weighted by Crippen LogP contribution is -2.28. The zero-order chi connectivity index (χ0) is 25.4. The average Bonchev–Trinajstić information content (AvgIpc) is 3.31. The number of alkyl halides is 3. The van der Waals surface area contributed by atoms with Crippen LogP contribution in [0.1, 0.15) is 54.2 Å². The standard InChI is InChI=1S/C27H24F3N3O2S/c1-15-11-19(12-16(2)35-15)23-24-22(9-10-36-24)32-25(33-23)17-5-4-8-21(14-17)31-26(34)18-6-3-7-20(13-18)27(28,29)30/h3-10,13-16,19H,11-12H2,1-2H3,(H,31,34). The van der Waals surface area contributed by atoms with Gasteiger partial charge in [0.05, 0.1) is 33.7 Å². The Balaban J connectivity index is 1.45. The van der Waals surface area contributed by atoms with Crippen molar-refractivity contribution in [3.05, 3.63) is 76.8 Å². The van der Waals surface area contributed by atoms with Crippen LogP contribution in [0.2, 0.25) is 0 Å². The summed E-state index contributed by atoms with van der Waals surface area (Å²) < 4.78 is 46.1. The van der Waals surface area contributed by atoms with Gasteiger partial charge in [0.2, 0.25) is 0 Å². The largest absolute Gasteiger partial charge is 0.416 e. The number of thiophene rings is 1. The minimum absolute atomic E-state index is 0.0729. The lowest BCUT2D eigenvalue weighted by molar-refractivity contribution is -0.137. The van der Waals surface area contributed by atoms with Gasteiger partial charge in [-0.15, -0.1) is 11.3 Å². The Bertz CT molecular complexity index is 1410. The van der Waals surface area contributed by atoms with Crippen molar-refractivity contribution in [1.82, 2.24) is 9.97 Å². The van der Waals surface area contributed by atoms with Crippen LogP contribution in [0, 0.1) is 0 Å². The van der Waals surface area contributed by atoms with E-state index in [2.05, 4.69) is 19.2 Å². The molecule has 9 heteroatoms. The molecule has 1 saturated heterocycles. The van der Waals surface area contributed by atoms with Gasteiger partial charge in [-0.2, -0.15) is 13.2 Å². The van der Waals surface area contributed by atoms with Gasteiger partial charge in [0.25, 0.3) is 5.91 Å². The van der Waals surface area contributed by atoms with E-state index in [1.807, 2.05) is 17.5 Å². The quantitative estimate of drug-likeness (QED) is 0.312. The predicted molar refractivity (Wildman–Crippen MR) is 134 cm³/mol. The number of hydrogen-bond donors (Lipinski definition) is 1. The van der Waals surface area contributed by atoms with Gasteiger partial charge in [0.15, 0.2) is 5.82 Å². The van der Waals surface area contributed by atoms with Crippen molar-refractivity contribution < 1.29 is 22.7 Å². The molecule has 1 amide bonds. The second-order valence-corrected chi connectivity index (χ2v) is 10.0. The zero-order valence-electron chi connectivity index (χ0n) is 19.7. The van der Waals surface area contributed by atoms with Crippen molar-refractivity contribution in [2.45, 2.75) is 51.0 Å². The van der Waals surface area contributed by atoms with E-state index in [0.717, 1.165) is 40.9 Å². The van der Waals surface area contributed by atoms with Crippen molar-refractivity contribution in [1.29, 1.82) is 0 Å². The van der Waals surface area contributed by atoms with Gasteiger partial charge in [-0.1, -0.05) is 18.2 Å². The van der Waals surface area contributed by atoms with E-state index in [1.165, 1.54) is 12.1 Å². The van der Waals surface area contributed by atoms with Gasteiger partial charge < -0.3 is 10.1 Å². The molecule has 186 valence electrons. The summed E-state index contributed by atoms with van der Waals surface area (Å²) in [5.41, 5.74) is 2.08. The molecule has 3 heterocycles. The molecule has 2 aromatic carbocycles. The van der Waals surface area contributed by atoms with E-state index in [1.54, 1.807) is 29.5 Å². The number of halogens is 3.